The minimum Gasteiger partial charge on any atom is -0.358 e. The summed E-state index contributed by atoms with van der Waals surface area (Å²) in [4.78, 5) is 1.96. The van der Waals surface area contributed by atoms with Gasteiger partial charge in [0.15, 0.2) is 14.9 Å². The molecule has 1 heterocycles. The van der Waals surface area contributed by atoms with Crippen molar-refractivity contribution in [1.29, 1.82) is 0 Å². The topological polar surface area (TPSA) is 49.4 Å². The van der Waals surface area contributed by atoms with Gasteiger partial charge < -0.3 is 10.2 Å². The number of hydrogen-bond donors (Lipinski definition) is 1. The highest BCUT2D eigenvalue weighted by Gasteiger charge is 2.33. The van der Waals surface area contributed by atoms with Gasteiger partial charge in [-0.05, 0) is 41.9 Å². The van der Waals surface area contributed by atoms with E-state index in [1.54, 1.807) is 12.1 Å². The van der Waals surface area contributed by atoms with E-state index in [0.29, 0.717) is 24.6 Å². The zero-order valence-corrected chi connectivity index (χ0v) is 15.9. The van der Waals surface area contributed by atoms with Gasteiger partial charge in [-0.1, -0.05) is 42.5 Å². The molecular formula is C19H21FN2O2S2. The third-order valence-corrected chi connectivity index (χ3v) is 6.59. The summed E-state index contributed by atoms with van der Waals surface area (Å²) < 4.78 is 36.8. The number of benzene rings is 2. The SMILES string of the molecule is O=S1(=O)CC[C@H](N(Cc2ccccc2)C(=S)NCc2ccc(F)cc2)C1. The van der Waals surface area contributed by atoms with Gasteiger partial charge in [0.05, 0.1) is 11.5 Å². The molecule has 1 atom stereocenters. The zero-order valence-electron chi connectivity index (χ0n) is 14.3. The monoisotopic (exact) mass is 392 g/mol. The predicted octanol–water partition coefficient (Wildman–Crippen LogP) is 2.89. The lowest BCUT2D eigenvalue weighted by Gasteiger charge is -2.31. The van der Waals surface area contributed by atoms with E-state index in [1.165, 1.54) is 12.1 Å². The van der Waals surface area contributed by atoms with Crippen LogP contribution in [0, 0.1) is 5.82 Å². The van der Waals surface area contributed by atoms with Crippen LogP contribution < -0.4 is 5.32 Å². The third-order valence-electron chi connectivity index (χ3n) is 4.46. The van der Waals surface area contributed by atoms with Gasteiger partial charge in [-0.3, -0.25) is 0 Å². The summed E-state index contributed by atoms with van der Waals surface area (Å²) in [6.45, 7) is 1.01. The fraction of sp³-hybridized carbons (Fsp3) is 0.316. The van der Waals surface area contributed by atoms with Crippen LogP contribution in [0.5, 0.6) is 0 Å². The number of nitrogens with one attached hydrogen (secondary N) is 1. The molecule has 7 heteroatoms. The highest BCUT2D eigenvalue weighted by atomic mass is 32.2. The molecule has 0 unspecified atom stereocenters. The molecule has 0 aliphatic carbocycles. The maximum Gasteiger partial charge on any atom is 0.169 e. The van der Waals surface area contributed by atoms with Crippen LogP contribution in [0.4, 0.5) is 4.39 Å². The first-order valence-electron chi connectivity index (χ1n) is 8.46. The van der Waals surface area contributed by atoms with Crippen LogP contribution in [0.1, 0.15) is 17.5 Å². The molecule has 0 bridgehead atoms. The first-order chi connectivity index (χ1) is 12.4. The molecule has 1 N–H and O–H groups in total. The number of sulfone groups is 1. The summed E-state index contributed by atoms with van der Waals surface area (Å²) in [7, 11) is -3.01. The Kier molecular flexibility index (Phi) is 5.88. The summed E-state index contributed by atoms with van der Waals surface area (Å²) in [6.07, 6.45) is 0.577. The maximum absolute atomic E-state index is 13.0. The van der Waals surface area contributed by atoms with Crippen LogP contribution in [0.25, 0.3) is 0 Å². The van der Waals surface area contributed by atoms with Gasteiger partial charge in [0, 0.05) is 19.1 Å². The lowest BCUT2D eigenvalue weighted by molar-refractivity contribution is 0.322. The van der Waals surface area contributed by atoms with Gasteiger partial charge in [0.1, 0.15) is 5.82 Å². The molecule has 0 saturated carbocycles. The van der Waals surface area contributed by atoms with Crippen LogP contribution in [-0.4, -0.2) is 36.0 Å². The third kappa shape index (κ3) is 5.02. The molecule has 1 aliphatic rings. The molecule has 3 rings (SSSR count). The summed E-state index contributed by atoms with van der Waals surface area (Å²) in [5, 5.41) is 3.70. The molecule has 0 spiro atoms. The fourth-order valence-electron chi connectivity index (χ4n) is 3.05. The van der Waals surface area contributed by atoms with Gasteiger partial charge in [0.25, 0.3) is 0 Å². The molecule has 1 aliphatic heterocycles. The minimum absolute atomic E-state index is 0.123. The number of halogens is 1. The lowest BCUT2D eigenvalue weighted by atomic mass is 10.1. The Morgan fingerprint density at radius 3 is 2.42 bits per heavy atom. The standard InChI is InChI=1S/C19H21FN2O2S2/c20-17-8-6-15(7-9-17)12-21-19(25)22(13-16-4-2-1-3-5-16)18-10-11-26(23,24)14-18/h1-9,18H,10-14H2,(H,21,25)/t18-/m0/s1. The molecule has 0 aromatic heterocycles. The zero-order chi connectivity index (χ0) is 18.6. The van der Waals surface area contributed by atoms with E-state index in [9.17, 15) is 12.8 Å². The average molecular weight is 393 g/mol. The molecule has 1 saturated heterocycles. The summed E-state index contributed by atoms with van der Waals surface area (Å²) in [6, 6.07) is 15.9. The van der Waals surface area contributed by atoms with Crippen molar-refractivity contribution in [2.45, 2.75) is 25.6 Å². The minimum atomic E-state index is -3.01. The number of nitrogens with zero attached hydrogens (tertiary/aromatic N) is 1. The Bertz CT molecular complexity index is 855. The second-order valence-corrected chi connectivity index (χ2v) is 9.07. The van der Waals surface area contributed by atoms with Gasteiger partial charge >= 0.3 is 0 Å². The van der Waals surface area contributed by atoms with E-state index in [0.717, 1.165) is 11.1 Å². The van der Waals surface area contributed by atoms with Crippen LogP contribution in [-0.2, 0) is 22.9 Å². The quantitative estimate of drug-likeness (QED) is 0.793. The summed E-state index contributed by atoms with van der Waals surface area (Å²) in [5.74, 6) is 0.0417. The molecule has 26 heavy (non-hydrogen) atoms. The molecule has 2 aromatic carbocycles. The molecule has 0 amide bonds. The van der Waals surface area contributed by atoms with Gasteiger partial charge in [-0.2, -0.15) is 0 Å². The number of hydrogen-bond acceptors (Lipinski definition) is 3. The summed E-state index contributed by atoms with van der Waals surface area (Å²) in [5.41, 5.74) is 1.98. The van der Waals surface area contributed by atoms with Crippen molar-refractivity contribution in [2.24, 2.45) is 0 Å². The van der Waals surface area contributed by atoms with E-state index in [2.05, 4.69) is 5.32 Å². The Hall–Kier alpha value is -1.99. The first kappa shape index (κ1) is 18.8. The van der Waals surface area contributed by atoms with Crippen LogP contribution in [0.3, 0.4) is 0 Å². The lowest BCUT2D eigenvalue weighted by Crippen LogP contribution is -2.45. The van der Waals surface area contributed by atoms with Crippen molar-refractivity contribution < 1.29 is 12.8 Å². The number of rotatable bonds is 5. The normalized spacial score (nSPS) is 18.4. The maximum atomic E-state index is 13.0. The summed E-state index contributed by atoms with van der Waals surface area (Å²) >= 11 is 5.56. The van der Waals surface area contributed by atoms with E-state index in [-0.39, 0.29) is 23.4 Å². The Morgan fingerprint density at radius 1 is 1.12 bits per heavy atom. The van der Waals surface area contributed by atoms with E-state index in [1.807, 2.05) is 35.2 Å². The van der Waals surface area contributed by atoms with Crippen molar-refractivity contribution in [3.8, 4) is 0 Å². The average Bonchev–Trinajstić information content (AvgIpc) is 2.99. The van der Waals surface area contributed by atoms with E-state index >= 15 is 0 Å². The molecular weight excluding hydrogens is 371 g/mol. The van der Waals surface area contributed by atoms with Crippen molar-refractivity contribution >= 4 is 27.2 Å². The molecule has 138 valence electrons. The molecule has 2 aromatic rings. The molecule has 0 radical (unpaired) electrons. The van der Waals surface area contributed by atoms with Crippen LogP contribution >= 0.6 is 12.2 Å². The van der Waals surface area contributed by atoms with Crippen molar-refractivity contribution in [3.63, 3.8) is 0 Å². The predicted molar refractivity (Wildman–Crippen MR) is 105 cm³/mol. The van der Waals surface area contributed by atoms with Crippen LogP contribution in [0.15, 0.2) is 54.6 Å². The smallest absolute Gasteiger partial charge is 0.169 e. The Balaban J connectivity index is 1.71. The Labute approximate surface area is 158 Å². The number of thiocarbonyl (C=S) groups is 1. The highest BCUT2D eigenvalue weighted by molar-refractivity contribution is 7.91. The second kappa shape index (κ2) is 8.14. The van der Waals surface area contributed by atoms with Crippen molar-refractivity contribution in [1.82, 2.24) is 10.2 Å². The fourth-order valence-corrected chi connectivity index (χ4v) is 5.07. The first-order valence-corrected chi connectivity index (χ1v) is 10.7. The van der Waals surface area contributed by atoms with Gasteiger partial charge in [0.2, 0.25) is 0 Å². The van der Waals surface area contributed by atoms with E-state index in [4.69, 9.17) is 12.2 Å². The van der Waals surface area contributed by atoms with E-state index < -0.39 is 9.84 Å². The van der Waals surface area contributed by atoms with Crippen molar-refractivity contribution in [2.75, 3.05) is 11.5 Å². The van der Waals surface area contributed by atoms with Gasteiger partial charge in [-0.15, -0.1) is 0 Å². The van der Waals surface area contributed by atoms with Gasteiger partial charge in [-0.25, -0.2) is 12.8 Å². The Morgan fingerprint density at radius 2 is 1.81 bits per heavy atom. The molecule has 1 fully saturated rings. The molecule has 4 nitrogen and oxygen atoms in total. The van der Waals surface area contributed by atoms with Crippen molar-refractivity contribution in [3.05, 3.63) is 71.5 Å². The largest absolute Gasteiger partial charge is 0.358 e. The van der Waals surface area contributed by atoms with Crippen LogP contribution in [0.2, 0.25) is 0 Å². The highest BCUT2D eigenvalue weighted by Crippen LogP contribution is 2.20. The second-order valence-electron chi connectivity index (χ2n) is 6.46.